The number of halogens is 2. The van der Waals surface area contributed by atoms with Crippen LogP contribution >= 0.6 is 0 Å². The Balaban J connectivity index is 1.81. The zero-order valence-electron chi connectivity index (χ0n) is 13.0. The van der Waals surface area contributed by atoms with Crippen molar-refractivity contribution in [3.63, 3.8) is 0 Å². The van der Waals surface area contributed by atoms with E-state index < -0.39 is 17.5 Å². The summed E-state index contributed by atoms with van der Waals surface area (Å²) in [7, 11) is 1.67. The molecular weight excluding hydrogens is 316 g/mol. The first-order valence-corrected chi connectivity index (χ1v) is 7.42. The standard InChI is InChI=1S/C16H15F2N5O/c1-22-7-10(6-20-22)12-2-3-13(15(18)14(12)17)16(24)21-11-4-5-23(8-11)9-19/h2-3,6-7,11H,4-5,8H2,1H3,(H,21,24)/t11-/m1/s1. The van der Waals surface area contributed by atoms with E-state index in [-0.39, 0.29) is 17.2 Å². The lowest BCUT2D eigenvalue weighted by molar-refractivity contribution is 0.0933. The first-order chi connectivity index (χ1) is 11.5. The van der Waals surface area contributed by atoms with E-state index in [1.54, 1.807) is 13.2 Å². The van der Waals surface area contributed by atoms with Crippen LogP contribution in [0.4, 0.5) is 8.78 Å². The highest BCUT2D eigenvalue weighted by Crippen LogP contribution is 2.26. The fraction of sp³-hybridized carbons (Fsp3) is 0.312. The number of nitrogens with one attached hydrogen (secondary N) is 1. The summed E-state index contributed by atoms with van der Waals surface area (Å²) in [6.07, 6.45) is 5.57. The van der Waals surface area contributed by atoms with E-state index in [4.69, 9.17) is 5.26 Å². The third-order valence-electron chi connectivity index (χ3n) is 4.01. The van der Waals surface area contributed by atoms with Gasteiger partial charge < -0.3 is 10.2 Å². The van der Waals surface area contributed by atoms with Crippen LogP contribution in [0.3, 0.4) is 0 Å². The number of aromatic nitrogens is 2. The number of carbonyl (C=O) groups excluding carboxylic acids is 1. The maximum atomic E-state index is 14.3. The summed E-state index contributed by atoms with van der Waals surface area (Å²) in [5.41, 5.74) is 0.130. The fourth-order valence-corrected chi connectivity index (χ4v) is 2.74. The van der Waals surface area contributed by atoms with Crippen LogP contribution in [-0.4, -0.2) is 39.7 Å². The summed E-state index contributed by atoms with van der Waals surface area (Å²) < 4.78 is 30.1. The molecule has 1 aliphatic heterocycles. The Hall–Kier alpha value is -2.95. The van der Waals surface area contributed by atoms with Gasteiger partial charge in [-0.3, -0.25) is 9.48 Å². The summed E-state index contributed by atoms with van der Waals surface area (Å²) in [4.78, 5) is 13.7. The number of likely N-dealkylation sites (tertiary alicyclic amines) is 1. The second-order valence-electron chi connectivity index (χ2n) is 5.70. The molecule has 1 amide bonds. The van der Waals surface area contributed by atoms with Crippen molar-refractivity contribution >= 4 is 5.91 Å². The Kier molecular flexibility index (Phi) is 4.16. The van der Waals surface area contributed by atoms with Crippen LogP contribution in [0.15, 0.2) is 24.5 Å². The van der Waals surface area contributed by atoms with Crippen molar-refractivity contribution in [2.24, 2.45) is 7.05 Å². The van der Waals surface area contributed by atoms with E-state index >= 15 is 0 Å². The molecule has 0 aliphatic carbocycles. The second-order valence-corrected chi connectivity index (χ2v) is 5.70. The molecule has 8 heteroatoms. The maximum absolute atomic E-state index is 14.3. The number of benzene rings is 1. The normalized spacial score (nSPS) is 16.9. The van der Waals surface area contributed by atoms with Gasteiger partial charge >= 0.3 is 0 Å². The number of amides is 1. The number of hydrogen-bond acceptors (Lipinski definition) is 4. The molecule has 1 saturated heterocycles. The second kappa shape index (κ2) is 6.28. The molecule has 0 saturated carbocycles. The highest BCUT2D eigenvalue weighted by atomic mass is 19.2. The van der Waals surface area contributed by atoms with Gasteiger partial charge in [0.2, 0.25) is 0 Å². The van der Waals surface area contributed by atoms with Crippen molar-refractivity contribution in [2.45, 2.75) is 12.5 Å². The summed E-state index contributed by atoms with van der Waals surface area (Å²) in [5.74, 6) is -2.96. The summed E-state index contributed by atoms with van der Waals surface area (Å²) in [6, 6.07) is 2.37. The Labute approximate surface area is 137 Å². The van der Waals surface area contributed by atoms with Crippen molar-refractivity contribution in [1.82, 2.24) is 20.0 Å². The van der Waals surface area contributed by atoms with Crippen molar-refractivity contribution in [3.05, 3.63) is 41.7 Å². The topological polar surface area (TPSA) is 74.0 Å². The van der Waals surface area contributed by atoms with Gasteiger partial charge in [0.15, 0.2) is 17.8 Å². The summed E-state index contributed by atoms with van der Waals surface area (Å²) in [5, 5.41) is 15.4. The quantitative estimate of drug-likeness (QED) is 0.868. The number of nitriles is 1. The zero-order valence-corrected chi connectivity index (χ0v) is 13.0. The SMILES string of the molecule is Cn1cc(-c2ccc(C(=O)N[C@@H]3CCN(C#N)C3)c(F)c2F)cn1. The molecule has 0 unspecified atom stereocenters. The third-order valence-corrected chi connectivity index (χ3v) is 4.01. The van der Waals surface area contributed by atoms with Crippen LogP contribution in [0.1, 0.15) is 16.8 Å². The molecule has 124 valence electrons. The Morgan fingerprint density at radius 3 is 2.83 bits per heavy atom. The summed E-state index contributed by atoms with van der Waals surface area (Å²) in [6.45, 7) is 0.915. The molecule has 2 heterocycles. The molecular formula is C16H15F2N5O. The lowest BCUT2D eigenvalue weighted by atomic mass is 10.0. The molecule has 1 aromatic heterocycles. The van der Waals surface area contributed by atoms with Crippen molar-refractivity contribution in [3.8, 4) is 17.3 Å². The number of rotatable bonds is 3. The molecule has 1 aromatic carbocycles. The largest absolute Gasteiger partial charge is 0.347 e. The molecule has 1 N–H and O–H groups in total. The monoisotopic (exact) mass is 331 g/mol. The van der Waals surface area contributed by atoms with Crippen LogP contribution in [0.25, 0.3) is 11.1 Å². The van der Waals surface area contributed by atoms with Gasteiger partial charge in [-0.05, 0) is 12.5 Å². The molecule has 1 aliphatic rings. The first kappa shape index (κ1) is 15.9. The average Bonchev–Trinajstić information content (AvgIpc) is 3.18. The van der Waals surface area contributed by atoms with Crippen LogP contribution in [0.2, 0.25) is 0 Å². The minimum atomic E-state index is -1.19. The Morgan fingerprint density at radius 2 is 2.21 bits per heavy atom. The van der Waals surface area contributed by atoms with Crippen LogP contribution in [-0.2, 0) is 7.05 Å². The van der Waals surface area contributed by atoms with E-state index in [0.29, 0.717) is 25.1 Å². The van der Waals surface area contributed by atoms with Gasteiger partial charge in [0.25, 0.3) is 5.91 Å². The van der Waals surface area contributed by atoms with Crippen molar-refractivity contribution in [1.29, 1.82) is 5.26 Å². The predicted molar refractivity (Wildman–Crippen MR) is 81.6 cm³/mol. The van der Waals surface area contributed by atoms with Crippen LogP contribution in [0, 0.1) is 23.1 Å². The van der Waals surface area contributed by atoms with Gasteiger partial charge in [-0.1, -0.05) is 6.07 Å². The molecule has 3 rings (SSSR count). The smallest absolute Gasteiger partial charge is 0.254 e. The predicted octanol–water partition coefficient (Wildman–Crippen LogP) is 1.65. The van der Waals surface area contributed by atoms with E-state index in [0.717, 1.165) is 0 Å². The van der Waals surface area contributed by atoms with Crippen molar-refractivity contribution in [2.75, 3.05) is 13.1 Å². The van der Waals surface area contributed by atoms with Gasteiger partial charge in [0.05, 0.1) is 11.8 Å². The summed E-state index contributed by atoms with van der Waals surface area (Å²) >= 11 is 0. The molecule has 1 fully saturated rings. The number of nitrogens with zero attached hydrogens (tertiary/aromatic N) is 4. The average molecular weight is 331 g/mol. The lowest BCUT2D eigenvalue weighted by Crippen LogP contribution is -2.37. The van der Waals surface area contributed by atoms with Crippen molar-refractivity contribution < 1.29 is 13.6 Å². The minimum absolute atomic E-state index is 0.0497. The third kappa shape index (κ3) is 2.93. The highest BCUT2D eigenvalue weighted by molar-refractivity contribution is 5.95. The van der Waals surface area contributed by atoms with Crippen LogP contribution in [0.5, 0.6) is 0 Å². The first-order valence-electron chi connectivity index (χ1n) is 7.42. The Morgan fingerprint density at radius 1 is 1.42 bits per heavy atom. The van der Waals surface area contributed by atoms with Crippen LogP contribution < -0.4 is 5.32 Å². The molecule has 1 atom stereocenters. The number of hydrogen-bond donors (Lipinski definition) is 1. The van der Waals surface area contributed by atoms with Gasteiger partial charge in [0.1, 0.15) is 0 Å². The highest BCUT2D eigenvalue weighted by Gasteiger charge is 2.26. The molecule has 0 radical (unpaired) electrons. The van der Waals surface area contributed by atoms with Gasteiger partial charge in [-0.15, -0.1) is 0 Å². The van der Waals surface area contributed by atoms with E-state index in [9.17, 15) is 13.6 Å². The Bertz CT molecular complexity index is 826. The fourth-order valence-electron chi connectivity index (χ4n) is 2.74. The zero-order chi connectivity index (χ0) is 17.3. The number of carbonyl (C=O) groups is 1. The minimum Gasteiger partial charge on any atom is -0.347 e. The van der Waals surface area contributed by atoms with E-state index in [1.165, 1.54) is 27.9 Å². The number of aryl methyl sites for hydroxylation is 1. The molecule has 0 spiro atoms. The van der Waals surface area contributed by atoms with Gasteiger partial charge in [-0.2, -0.15) is 10.4 Å². The lowest BCUT2D eigenvalue weighted by Gasteiger charge is -2.13. The molecule has 24 heavy (non-hydrogen) atoms. The van der Waals surface area contributed by atoms with E-state index in [1.807, 2.05) is 6.19 Å². The van der Waals surface area contributed by atoms with Gasteiger partial charge in [0, 0.05) is 43.5 Å². The molecule has 0 bridgehead atoms. The molecule has 6 nitrogen and oxygen atoms in total. The van der Waals surface area contributed by atoms with Gasteiger partial charge in [-0.25, -0.2) is 8.78 Å². The molecule has 2 aromatic rings. The maximum Gasteiger partial charge on any atom is 0.254 e. The van der Waals surface area contributed by atoms with E-state index in [2.05, 4.69) is 10.4 Å².